The first kappa shape index (κ1) is 15.8. The number of phenols is 2. The highest BCUT2D eigenvalue weighted by Gasteiger charge is 2.38. The molecule has 3 N–H and O–H groups in total. The van der Waals surface area contributed by atoms with Gasteiger partial charge in [-0.15, -0.1) is 0 Å². The zero-order valence-corrected chi connectivity index (χ0v) is 14.2. The number of fused-ring (bicyclic) bond motifs is 3. The molecular formula is C19H19NO5. The Labute approximate surface area is 143 Å². The van der Waals surface area contributed by atoms with E-state index in [9.17, 15) is 20.1 Å². The average Bonchev–Trinajstić information content (AvgIpc) is 2.54. The summed E-state index contributed by atoms with van der Waals surface area (Å²) in [5.41, 5.74) is -0.220. The minimum atomic E-state index is -1.04. The summed E-state index contributed by atoms with van der Waals surface area (Å²) in [7, 11) is 1.71. The van der Waals surface area contributed by atoms with E-state index in [0.717, 1.165) is 0 Å². The van der Waals surface area contributed by atoms with Gasteiger partial charge < -0.3 is 24.6 Å². The largest absolute Gasteiger partial charge is 0.507 e. The number of ether oxygens (including phenoxy) is 1. The summed E-state index contributed by atoms with van der Waals surface area (Å²) in [4.78, 5) is 12.9. The lowest BCUT2D eigenvalue weighted by molar-refractivity contribution is 0.00815. The topological polar surface area (TPSA) is 91.9 Å². The number of aliphatic hydroxyl groups excluding tert-OH is 1. The molecule has 6 nitrogen and oxygen atoms in total. The second-order valence-corrected chi connectivity index (χ2v) is 7.15. The molecule has 2 aromatic carbocycles. The highest BCUT2D eigenvalue weighted by molar-refractivity contribution is 6.01. The van der Waals surface area contributed by atoms with E-state index in [-0.39, 0.29) is 40.1 Å². The number of aromatic hydroxyl groups is 2. The molecule has 6 heteroatoms. The van der Waals surface area contributed by atoms with Crippen molar-refractivity contribution in [3.63, 3.8) is 0 Å². The molecular weight excluding hydrogens is 322 g/mol. The summed E-state index contributed by atoms with van der Waals surface area (Å²) in [6.07, 6.45) is -0.794. The van der Waals surface area contributed by atoms with Crippen LogP contribution < -0.4 is 10.2 Å². The van der Waals surface area contributed by atoms with Gasteiger partial charge in [0.05, 0.1) is 22.6 Å². The van der Waals surface area contributed by atoms with E-state index in [1.54, 1.807) is 49.7 Å². The van der Waals surface area contributed by atoms with Crippen molar-refractivity contribution in [3.8, 4) is 17.2 Å². The van der Waals surface area contributed by atoms with Crippen molar-refractivity contribution in [1.82, 2.24) is 4.57 Å². The molecule has 25 heavy (non-hydrogen) atoms. The SMILES string of the molecule is Cn1c2ccccc2c(=O)c2c(O)c3c(c(O)c21)OC(C)(C)C[C@H]3O. The fourth-order valence-corrected chi connectivity index (χ4v) is 3.76. The number of para-hydroxylation sites is 1. The first-order valence-corrected chi connectivity index (χ1v) is 8.09. The highest BCUT2D eigenvalue weighted by Crippen LogP contribution is 2.52. The van der Waals surface area contributed by atoms with Crippen LogP contribution in [0.25, 0.3) is 21.8 Å². The third-order valence-corrected chi connectivity index (χ3v) is 4.88. The Morgan fingerprint density at radius 3 is 2.60 bits per heavy atom. The molecule has 1 aromatic heterocycles. The quantitative estimate of drug-likeness (QED) is 0.432. The zero-order chi connectivity index (χ0) is 18.1. The minimum absolute atomic E-state index is 0.0141. The Kier molecular flexibility index (Phi) is 3.09. The van der Waals surface area contributed by atoms with E-state index >= 15 is 0 Å². The Hall–Kier alpha value is -2.73. The Bertz CT molecular complexity index is 1100. The number of aromatic nitrogens is 1. The first-order valence-electron chi connectivity index (χ1n) is 8.09. The standard InChI is InChI=1S/C19H19NO5/c1-19(2)8-11(21)12-16(23)13-14(17(24)18(12)25-19)20(3)10-7-5-4-6-9(10)15(13)22/h4-7,11,21,23-24H,8H2,1-3H3/t11-/m1/s1. The number of nitrogens with zero attached hydrogens (tertiary/aromatic N) is 1. The number of rotatable bonds is 0. The van der Waals surface area contributed by atoms with Crippen molar-refractivity contribution < 1.29 is 20.1 Å². The summed E-state index contributed by atoms with van der Waals surface area (Å²) >= 11 is 0. The molecule has 0 amide bonds. The van der Waals surface area contributed by atoms with Crippen molar-refractivity contribution in [2.75, 3.05) is 0 Å². The van der Waals surface area contributed by atoms with E-state index in [2.05, 4.69) is 0 Å². The number of hydrogen-bond acceptors (Lipinski definition) is 5. The van der Waals surface area contributed by atoms with Crippen LogP contribution >= 0.6 is 0 Å². The van der Waals surface area contributed by atoms with Crippen LogP contribution in [0.15, 0.2) is 29.1 Å². The predicted molar refractivity (Wildman–Crippen MR) is 94.3 cm³/mol. The molecule has 0 radical (unpaired) electrons. The van der Waals surface area contributed by atoms with Crippen LogP contribution in [0.1, 0.15) is 31.9 Å². The van der Waals surface area contributed by atoms with Gasteiger partial charge in [0, 0.05) is 18.9 Å². The molecule has 3 aromatic rings. The van der Waals surface area contributed by atoms with Gasteiger partial charge in [-0.2, -0.15) is 0 Å². The van der Waals surface area contributed by atoms with Crippen LogP contribution in [0, 0.1) is 0 Å². The van der Waals surface area contributed by atoms with Crippen molar-refractivity contribution >= 4 is 21.8 Å². The normalized spacial score (nSPS) is 19.0. The number of phenolic OH excluding ortho intramolecular Hbond substituents is 2. The Morgan fingerprint density at radius 2 is 1.88 bits per heavy atom. The third-order valence-electron chi connectivity index (χ3n) is 4.88. The number of aliphatic hydroxyl groups is 1. The first-order chi connectivity index (χ1) is 11.7. The van der Waals surface area contributed by atoms with E-state index in [4.69, 9.17) is 4.74 Å². The lowest BCUT2D eigenvalue weighted by atomic mass is 9.89. The van der Waals surface area contributed by atoms with Gasteiger partial charge in [-0.05, 0) is 26.0 Å². The van der Waals surface area contributed by atoms with Crippen LogP contribution in [0.3, 0.4) is 0 Å². The van der Waals surface area contributed by atoms with E-state index in [1.807, 2.05) is 0 Å². The monoisotopic (exact) mass is 341 g/mol. The summed E-state index contributed by atoms with van der Waals surface area (Å²) < 4.78 is 7.48. The Morgan fingerprint density at radius 1 is 1.20 bits per heavy atom. The predicted octanol–water partition coefficient (Wildman–Crippen LogP) is 2.70. The average molecular weight is 341 g/mol. The van der Waals surface area contributed by atoms with Gasteiger partial charge in [0.25, 0.3) is 0 Å². The molecule has 4 rings (SSSR count). The summed E-state index contributed by atoms with van der Waals surface area (Å²) in [6, 6.07) is 6.98. The van der Waals surface area contributed by atoms with Crippen LogP contribution in [0.4, 0.5) is 0 Å². The number of aryl methyl sites for hydroxylation is 1. The van der Waals surface area contributed by atoms with E-state index in [1.165, 1.54) is 0 Å². The molecule has 0 saturated heterocycles. The molecule has 0 aliphatic carbocycles. The highest BCUT2D eigenvalue weighted by atomic mass is 16.5. The van der Waals surface area contributed by atoms with Gasteiger partial charge in [-0.3, -0.25) is 4.79 Å². The lowest BCUT2D eigenvalue weighted by Gasteiger charge is -2.36. The van der Waals surface area contributed by atoms with Crippen molar-refractivity contribution in [1.29, 1.82) is 0 Å². The van der Waals surface area contributed by atoms with Crippen LogP contribution in [-0.4, -0.2) is 25.5 Å². The second kappa shape index (κ2) is 4.89. The van der Waals surface area contributed by atoms with Gasteiger partial charge in [-0.25, -0.2) is 0 Å². The second-order valence-electron chi connectivity index (χ2n) is 7.15. The van der Waals surface area contributed by atoms with Crippen LogP contribution in [0.2, 0.25) is 0 Å². The van der Waals surface area contributed by atoms with Crippen LogP contribution in [-0.2, 0) is 7.05 Å². The lowest BCUT2D eigenvalue weighted by Crippen LogP contribution is -2.35. The summed E-state index contributed by atoms with van der Waals surface area (Å²) in [5.74, 6) is -0.559. The van der Waals surface area contributed by atoms with E-state index in [0.29, 0.717) is 10.9 Å². The van der Waals surface area contributed by atoms with Gasteiger partial charge in [0.1, 0.15) is 16.9 Å². The maximum atomic E-state index is 12.9. The van der Waals surface area contributed by atoms with Gasteiger partial charge in [-0.1, -0.05) is 12.1 Å². The number of benzene rings is 2. The van der Waals surface area contributed by atoms with Gasteiger partial charge >= 0.3 is 0 Å². The van der Waals surface area contributed by atoms with Crippen molar-refractivity contribution in [2.24, 2.45) is 7.05 Å². The van der Waals surface area contributed by atoms with Gasteiger partial charge in [0.2, 0.25) is 5.43 Å². The molecule has 1 aliphatic heterocycles. The molecule has 0 fully saturated rings. The van der Waals surface area contributed by atoms with Gasteiger partial charge in [0.15, 0.2) is 11.5 Å². The maximum Gasteiger partial charge on any atom is 0.201 e. The molecule has 0 spiro atoms. The van der Waals surface area contributed by atoms with E-state index < -0.39 is 17.1 Å². The minimum Gasteiger partial charge on any atom is -0.507 e. The molecule has 0 saturated carbocycles. The summed E-state index contributed by atoms with van der Waals surface area (Å²) in [5, 5.41) is 32.5. The molecule has 2 heterocycles. The van der Waals surface area contributed by atoms with Crippen molar-refractivity contribution in [2.45, 2.75) is 32.0 Å². The smallest absolute Gasteiger partial charge is 0.201 e. The number of hydrogen-bond donors (Lipinski definition) is 3. The molecule has 0 unspecified atom stereocenters. The summed E-state index contributed by atoms with van der Waals surface area (Å²) in [6.45, 7) is 3.58. The fraction of sp³-hybridized carbons (Fsp3) is 0.316. The molecule has 130 valence electrons. The van der Waals surface area contributed by atoms with Crippen LogP contribution in [0.5, 0.6) is 17.2 Å². The zero-order valence-electron chi connectivity index (χ0n) is 14.2. The molecule has 0 bridgehead atoms. The maximum absolute atomic E-state index is 12.9. The number of pyridine rings is 1. The molecule has 1 aliphatic rings. The Balaban J connectivity index is 2.26. The third kappa shape index (κ3) is 2.04. The molecule has 1 atom stereocenters. The van der Waals surface area contributed by atoms with Crippen molar-refractivity contribution in [3.05, 3.63) is 40.1 Å². The fourth-order valence-electron chi connectivity index (χ4n) is 3.76.